The summed E-state index contributed by atoms with van der Waals surface area (Å²) >= 11 is 0. The lowest BCUT2D eigenvalue weighted by atomic mass is 10.2. The lowest BCUT2D eigenvalue weighted by molar-refractivity contribution is -0.140. The van der Waals surface area contributed by atoms with Crippen LogP contribution in [-0.4, -0.2) is 78.5 Å². The number of ether oxygens (including phenoxy) is 1. The van der Waals surface area contributed by atoms with Gasteiger partial charge in [-0.25, -0.2) is 4.79 Å². The fourth-order valence-electron chi connectivity index (χ4n) is 2.52. The van der Waals surface area contributed by atoms with Crippen LogP contribution >= 0.6 is 0 Å². The summed E-state index contributed by atoms with van der Waals surface area (Å²) in [4.78, 5) is 40.6. The van der Waals surface area contributed by atoms with E-state index in [1.807, 2.05) is 0 Å². The van der Waals surface area contributed by atoms with Crippen LogP contribution < -0.4 is 0 Å². The monoisotopic (exact) mass is 327 g/mol. The van der Waals surface area contributed by atoms with Crippen LogP contribution in [0.25, 0.3) is 0 Å². The van der Waals surface area contributed by atoms with E-state index in [9.17, 15) is 14.4 Å². The third kappa shape index (κ3) is 6.46. The van der Waals surface area contributed by atoms with E-state index in [2.05, 4.69) is 6.92 Å². The number of carbonyl (C=O) groups is 3. The van der Waals surface area contributed by atoms with Gasteiger partial charge in [-0.1, -0.05) is 19.8 Å². The smallest absolute Gasteiger partial charge is 0.409 e. The van der Waals surface area contributed by atoms with Gasteiger partial charge in [-0.3, -0.25) is 9.59 Å². The Morgan fingerprint density at radius 3 is 2.13 bits per heavy atom. The van der Waals surface area contributed by atoms with Crippen LogP contribution in [-0.2, 0) is 14.3 Å². The molecule has 1 rings (SSSR count). The molecule has 0 aromatic carbocycles. The normalized spacial score (nSPS) is 14.6. The van der Waals surface area contributed by atoms with Crippen LogP contribution in [0, 0.1) is 0 Å². The van der Waals surface area contributed by atoms with Crippen molar-refractivity contribution in [1.82, 2.24) is 14.7 Å². The predicted octanol–water partition coefficient (Wildman–Crippen LogP) is 1.33. The lowest BCUT2D eigenvalue weighted by Gasteiger charge is -2.35. The summed E-state index contributed by atoms with van der Waals surface area (Å²) in [6.45, 7) is 8.38. The number of carbonyl (C=O) groups excluding carboxylic acids is 3. The molecule has 0 spiro atoms. The molecule has 0 radical (unpaired) electrons. The number of hydrogen-bond donors (Lipinski definition) is 0. The number of rotatable bonds is 7. The zero-order chi connectivity index (χ0) is 17.2. The van der Waals surface area contributed by atoms with Gasteiger partial charge in [0.25, 0.3) is 0 Å². The van der Waals surface area contributed by atoms with E-state index in [1.54, 1.807) is 21.6 Å². The van der Waals surface area contributed by atoms with Gasteiger partial charge < -0.3 is 19.4 Å². The van der Waals surface area contributed by atoms with Gasteiger partial charge in [-0.05, 0) is 13.3 Å². The Bertz CT molecular complexity index is 406. The molecule has 1 aliphatic heterocycles. The quantitative estimate of drug-likeness (QED) is 0.661. The van der Waals surface area contributed by atoms with Gasteiger partial charge in [0.05, 0.1) is 13.2 Å². The molecule has 0 saturated carbocycles. The minimum Gasteiger partial charge on any atom is -0.450 e. The van der Waals surface area contributed by atoms with E-state index in [-0.39, 0.29) is 24.5 Å². The van der Waals surface area contributed by atoms with E-state index in [4.69, 9.17) is 4.74 Å². The molecule has 23 heavy (non-hydrogen) atoms. The molecule has 0 N–H and O–H groups in total. The summed E-state index contributed by atoms with van der Waals surface area (Å²) < 4.78 is 4.96. The highest BCUT2D eigenvalue weighted by molar-refractivity contribution is 5.84. The van der Waals surface area contributed by atoms with E-state index in [0.29, 0.717) is 39.3 Å². The minimum absolute atomic E-state index is 0.0554. The van der Waals surface area contributed by atoms with Crippen molar-refractivity contribution in [3.8, 4) is 0 Å². The summed E-state index contributed by atoms with van der Waals surface area (Å²) in [5.74, 6) is -0.125. The fourth-order valence-corrected chi connectivity index (χ4v) is 2.52. The third-order valence-corrected chi connectivity index (χ3v) is 3.96. The summed E-state index contributed by atoms with van der Waals surface area (Å²) in [5, 5.41) is 0. The molecular formula is C16H29N3O4. The summed E-state index contributed by atoms with van der Waals surface area (Å²) in [6, 6.07) is 0. The van der Waals surface area contributed by atoms with Crippen molar-refractivity contribution in [3.05, 3.63) is 0 Å². The topological polar surface area (TPSA) is 70.2 Å². The first-order chi connectivity index (χ1) is 11.0. The Morgan fingerprint density at radius 1 is 1.00 bits per heavy atom. The molecule has 3 amide bonds. The lowest BCUT2D eigenvalue weighted by Crippen LogP contribution is -2.53. The SMILES string of the molecule is CCCCCN(CC(=O)N1CCN(C(=O)OCC)CC1)C(C)=O. The van der Waals surface area contributed by atoms with Crippen molar-refractivity contribution in [2.45, 2.75) is 40.0 Å². The number of hydrogen-bond acceptors (Lipinski definition) is 4. The molecule has 7 nitrogen and oxygen atoms in total. The predicted molar refractivity (Wildman–Crippen MR) is 87.0 cm³/mol. The fraction of sp³-hybridized carbons (Fsp3) is 0.812. The Kier molecular flexibility index (Phi) is 8.43. The summed E-state index contributed by atoms with van der Waals surface area (Å²) in [7, 11) is 0. The summed E-state index contributed by atoms with van der Waals surface area (Å²) in [6.07, 6.45) is 2.72. The van der Waals surface area contributed by atoms with Crippen molar-refractivity contribution < 1.29 is 19.1 Å². The molecule has 0 aromatic heterocycles. The molecule has 1 heterocycles. The van der Waals surface area contributed by atoms with E-state index >= 15 is 0 Å². The maximum Gasteiger partial charge on any atom is 0.409 e. The highest BCUT2D eigenvalue weighted by Gasteiger charge is 2.26. The molecule has 1 aliphatic rings. The van der Waals surface area contributed by atoms with Gasteiger partial charge in [0.15, 0.2) is 0 Å². The van der Waals surface area contributed by atoms with E-state index in [1.165, 1.54) is 6.92 Å². The number of unbranched alkanes of at least 4 members (excludes halogenated alkanes) is 2. The standard InChI is InChI=1S/C16H29N3O4/c1-4-6-7-8-19(14(3)20)13-15(21)17-9-11-18(12-10-17)16(22)23-5-2/h4-13H2,1-3H3. The van der Waals surface area contributed by atoms with Crippen LogP contribution in [0.4, 0.5) is 4.79 Å². The van der Waals surface area contributed by atoms with Crippen LogP contribution in [0.5, 0.6) is 0 Å². The third-order valence-electron chi connectivity index (χ3n) is 3.96. The maximum absolute atomic E-state index is 12.3. The van der Waals surface area contributed by atoms with E-state index < -0.39 is 0 Å². The van der Waals surface area contributed by atoms with Crippen molar-refractivity contribution in [1.29, 1.82) is 0 Å². The van der Waals surface area contributed by atoms with Gasteiger partial charge in [0, 0.05) is 39.6 Å². The minimum atomic E-state index is -0.329. The average molecular weight is 327 g/mol. The molecule has 0 aliphatic carbocycles. The highest BCUT2D eigenvalue weighted by atomic mass is 16.6. The molecule has 0 unspecified atom stereocenters. The van der Waals surface area contributed by atoms with Gasteiger partial charge in [-0.15, -0.1) is 0 Å². The second-order valence-electron chi connectivity index (χ2n) is 5.71. The molecule has 0 aromatic rings. The highest BCUT2D eigenvalue weighted by Crippen LogP contribution is 2.06. The maximum atomic E-state index is 12.3. The Labute approximate surface area is 138 Å². The molecule has 1 fully saturated rings. The second-order valence-corrected chi connectivity index (χ2v) is 5.71. The van der Waals surface area contributed by atoms with Crippen LogP contribution in [0.15, 0.2) is 0 Å². The zero-order valence-corrected chi connectivity index (χ0v) is 14.5. The number of amides is 3. The van der Waals surface area contributed by atoms with Gasteiger partial charge in [-0.2, -0.15) is 0 Å². The molecular weight excluding hydrogens is 298 g/mol. The Hall–Kier alpha value is -1.79. The summed E-state index contributed by atoms with van der Waals surface area (Å²) in [5.41, 5.74) is 0. The molecule has 0 bridgehead atoms. The van der Waals surface area contributed by atoms with Crippen LogP contribution in [0.2, 0.25) is 0 Å². The molecule has 132 valence electrons. The Morgan fingerprint density at radius 2 is 1.61 bits per heavy atom. The van der Waals surface area contributed by atoms with Gasteiger partial charge in [0.1, 0.15) is 0 Å². The molecule has 1 saturated heterocycles. The Balaban J connectivity index is 2.42. The number of piperazine rings is 1. The average Bonchev–Trinajstić information content (AvgIpc) is 2.54. The van der Waals surface area contributed by atoms with Gasteiger partial charge >= 0.3 is 6.09 Å². The van der Waals surface area contributed by atoms with Crippen molar-refractivity contribution in [2.75, 3.05) is 45.9 Å². The first-order valence-corrected chi connectivity index (χ1v) is 8.44. The molecule has 0 atom stereocenters. The number of nitrogens with zero attached hydrogens (tertiary/aromatic N) is 3. The van der Waals surface area contributed by atoms with Crippen LogP contribution in [0.1, 0.15) is 40.0 Å². The van der Waals surface area contributed by atoms with Crippen molar-refractivity contribution in [3.63, 3.8) is 0 Å². The van der Waals surface area contributed by atoms with Crippen molar-refractivity contribution in [2.24, 2.45) is 0 Å². The van der Waals surface area contributed by atoms with Gasteiger partial charge in [0.2, 0.25) is 11.8 Å². The van der Waals surface area contributed by atoms with E-state index in [0.717, 1.165) is 19.3 Å². The largest absolute Gasteiger partial charge is 0.450 e. The molecule has 7 heteroatoms. The first-order valence-electron chi connectivity index (χ1n) is 8.44. The zero-order valence-electron chi connectivity index (χ0n) is 14.5. The van der Waals surface area contributed by atoms with Crippen molar-refractivity contribution >= 4 is 17.9 Å². The van der Waals surface area contributed by atoms with Crippen LogP contribution in [0.3, 0.4) is 0 Å². The first kappa shape index (κ1) is 19.3. The second kappa shape index (κ2) is 10.1.